The molecule has 1 saturated heterocycles. The zero-order chi connectivity index (χ0) is 23.7. The molecular weight excluding hydrogens is 444 g/mol. The fraction of sp³-hybridized carbons (Fsp3) is 0.348. The Morgan fingerprint density at radius 2 is 2.15 bits per heavy atom. The standard InChI is InChI=1S/C23H23ClN6O3/c1-12-8-15(14(3)26-16-4-5-19(24)28-21(16)23(31)32)20-17(9-12)27-18(10-25)22(29-20)30-6-7-33-11-13(30)2/h4-5,8-9,13-14,26H,6-7,11H2,1-3H3,(H,31,32)/t13-,14+/m0/s1. The second-order valence-electron chi connectivity index (χ2n) is 8.05. The molecule has 10 heteroatoms. The van der Waals surface area contributed by atoms with Crippen LogP contribution in [0.1, 0.15) is 47.2 Å². The number of fused-ring (bicyclic) bond motifs is 1. The first-order valence-corrected chi connectivity index (χ1v) is 10.9. The lowest BCUT2D eigenvalue weighted by Crippen LogP contribution is -2.44. The van der Waals surface area contributed by atoms with Gasteiger partial charge in [-0.15, -0.1) is 0 Å². The summed E-state index contributed by atoms with van der Waals surface area (Å²) in [4.78, 5) is 27.1. The number of aryl methyl sites for hydroxylation is 1. The number of nitriles is 1. The Morgan fingerprint density at radius 1 is 1.36 bits per heavy atom. The van der Waals surface area contributed by atoms with E-state index in [1.54, 1.807) is 6.07 Å². The van der Waals surface area contributed by atoms with E-state index < -0.39 is 5.97 Å². The number of nitrogens with one attached hydrogen (secondary N) is 1. The van der Waals surface area contributed by atoms with Crippen LogP contribution in [0, 0.1) is 18.3 Å². The van der Waals surface area contributed by atoms with Crippen molar-refractivity contribution < 1.29 is 14.6 Å². The maximum Gasteiger partial charge on any atom is 0.356 e. The topological polar surface area (TPSA) is 124 Å². The number of carbonyl (C=O) groups is 1. The highest BCUT2D eigenvalue weighted by molar-refractivity contribution is 6.29. The predicted molar refractivity (Wildman–Crippen MR) is 125 cm³/mol. The maximum absolute atomic E-state index is 11.6. The van der Waals surface area contributed by atoms with Crippen LogP contribution in [-0.4, -0.2) is 51.8 Å². The zero-order valence-electron chi connectivity index (χ0n) is 18.5. The van der Waals surface area contributed by atoms with Crippen molar-refractivity contribution in [3.8, 4) is 6.07 Å². The molecule has 1 aliphatic heterocycles. The molecule has 3 heterocycles. The number of carboxylic acid groups (broad SMARTS) is 1. The molecule has 0 spiro atoms. The van der Waals surface area contributed by atoms with E-state index in [2.05, 4.69) is 21.4 Å². The number of aromatic nitrogens is 3. The van der Waals surface area contributed by atoms with Crippen LogP contribution in [0.2, 0.25) is 5.15 Å². The average Bonchev–Trinajstić information content (AvgIpc) is 2.79. The van der Waals surface area contributed by atoms with E-state index in [-0.39, 0.29) is 28.6 Å². The summed E-state index contributed by atoms with van der Waals surface area (Å²) < 4.78 is 5.53. The smallest absolute Gasteiger partial charge is 0.356 e. The van der Waals surface area contributed by atoms with Gasteiger partial charge in [-0.2, -0.15) is 5.26 Å². The number of benzene rings is 1. The van der Waals surface area contributed by atoms with Gasteiger partial charge in [0.2, 0.25) is 0 Å². The molecule has 2 N–H and O–H groups in total. The maximum atomic E-state index is 11.6. The third-order valence-electron chi connectivity index (χ3n) is 5.57. The molecule has 2 aromatic heterocycles. The molecule has 0 aliphatic carbocycles. The quantitative estimate of drug-likeness (QED) is 0.537. The molecule has 1 fully saturated rings. The minimum absolute atomic E-state index is 0.0558. The van der Waals surface area contributed by atoms with Gasteiger partial charge in [0.1, 0.15) is 11.2 Å². The van der Waals surface area contributed by atoms with Crippen LogP contribution in [0.5, 0.6) is 0 Å². The van der Waals surface area contributed by atoms with Gasteiger partial charge in [0.05, 0.1) is 42.0 Å². The molecule has 2 atom stereocenters. The van der Waals surface area contributed by atoms with E-state index in [9.17, 15) is 15.2 Å². The minimum atomic E-state index is -1.18. The van der Waals surface area contributed by atoms with Crippen LogP contribution >= 0.6 is 11.6 Å². The number of nitrogens with zero attached hydrogens (tertiary/aromatic N) is 5. The van der Waals surface area contributed by atoms with Gasteiger partial charge in [-0.05, 0) is 44.5 Å². The van der Waals surface area contributed by atoms with E-state index in [1.165, 1.54) is 6.07 Å². The first kappa shape index (κ1) is 22.7. The molecule has 0 unspecified atom stereocenters. The molecule has 0 saturated carbocycles. The third kappa shape index (κ3) is 4.53. The van der Waals surface area contributed by atoms with E-state index in [0.29, 0.717) is 42.3 Å². The highest BCUT2D eigenvalue weighted by Gasteiger charge is 2.25. The normalized spacial score (nSPS) is 16.9. The van der Waals surface area contributed by atoms with Gasteiger partial charge in [0, 0.05) is 12.1 Å². The lowest BCUT2D eigenvalue weighted by molar-refractivity contribution is 0.0691. The summed E-state index contributed by atoms with van der Waals surface area (Å²) in [6.45, 7) is 7.58. The summed E-state index contributed by atoms with van der Waals surface area (Å²) in [6.07, 6.45) is 0. The first-order chi connectivity index (χ1) is 15.8. The van der Waals surface area contributed by atoms with Crippen molar-refractivity contribution in [2.45, 2.75) is 32.9 Å². The van der Waals surface area contributed by atoms with Crippen molar-refractivity contribution in [3.05, 3.63) is 51.9 Å². The Hall–Kier alpha value is -3.48. The summed E-state index contributed by atoms with van der Waals surface area (Å²) in [7, 11) is 0. The Bertz CT molecular complexity index is 1280. The number of pyridine rings is 1. The molecular formula is C23H23ClN6O3. The van der Waals surface area contributed by atoms with Gasteiger partial charge < -0.3 is 20.1 Å². The van der Waals surface area contributed by atoms with Gasteiger partial charge in [0.15, 0.2) is 17.2 Å². The number of morpholine rings is 1. The number of aromatic carboxylic acids is 1. The molecule has 1 aromatic carbocycles. The van der Waals surface area contributed by atoms with Crippen LogP contribution in [0.15, 0.2) is 24.3 Å². The Morgan fingerprint density at radius 3 is 2.85 bits per heavy atom. The zero-order valence-corrected chi connectivity index (χ0v) is 19.2. The second-order valence-corrected chi connectivity index (χ2v) is 8.44. The molecule has 9 nitrogen and oxygen atoms in total. The number of rotatable bonds is 5. The minimum Gasteiger partial charge on any atom is -0.476 e. The number of hydrogen-bond acceptors (Lipinski definition) is 8. The average molecular weight is 467 g/mol. The van der Waals surface area contributed by atoms with Crippen molar-refractivity contribution >= 4 is 40.1 Å². The second kappa shape index (κ2) is 9.17. The van der Waals surface area contributed by atoms with Crippen molar-refractivity contribution in [1.82, 2.24) is 15.0 Å². The van der Waals surface area contributed by atoms with E-state index in [0.717, 1.165) is 11.1 Å². The summed E-state index contributed by atoms with van der Waals surface area (Å²) in [6, 6.07) is 8.91. The largest absolute Gasteiger partial charge is 0.476 e. The van der Waals surface area contributed by atoms with Gasteiger partial charge in [-0.1, -0.05) is 17.7 Å². The molecule has 1 aliphatic rings. The monoisotopic (exact) mass is 466 g/mol. The van der Waals surface area contributed by atoms with E-state index in [4.69, 9.17) is 21.3 Å². The lowest BCUT2D eigenvalue weighted by atomic mass is 10.0. The van der Waals surface area contributed by atoms with Crippen LogP contribution in [0.4, 0.5) is 11.5 Å². The molecule has 0 bridgehead atoms. The molecule has 0 amide bonds. The highest BCUT2D eigenvalue weighted by atomic mass is 35.5. The van der Waals surface area contributed by atoms with Crippen molar-refractivity contribution in [3.63, 3.8) is 0 Å². The predicted octanol–water partition coefficient (Wildman–Crippen LogP) is 3.95. The molecule has 0 radical (unpaired) electrons. The van der Waals surface area contributed by atoms with Gasteiger partial charge in [-0.25, -0.2) is 19.7 Å². The van der Waals surface area contributed by atoms with Crippen LogP contribution < -0.4 is 10.2 Å². The number of ether oxygens (including phenoxy) is 1. The molecule has 33 heavy (non-hydrogen) atoms. The number of carboxylic acids is 1. The SMILES string of the molecule is Cc1cc([C@@H](C)Nc2ccc(Cl)nc2C(=O)O)c2nc(N3CCOC[C@@H]3C)c(C#N)nc2c1. The number of anilines is 2. The first-order valence-electron chi connectivity index (χ1n) is 10.5. The molecule has 4 rings (SSSR count). The van der Waals surface area contributed by atoms with Crippen LogP contribution in [-0.2, 0) is 4.74 Å². The van der Waals surface area contributed by atoms with Crippen LogP contribution in [0.25, 0.3) is 11.0 Å². The van der Waals surface area contributed by atoms with Crippen molar-refractivity contribution in [2.24, 2.45) is 0 Å². The summed E-state index contributed by atoms with van der Waals surface area (Å²) in [5.41, 5.74) is 3.48. The van der Waals surface area contributed by atoms with E-state index >= 15 is 0 Å². The highest BCUT2D eigenvalue weighted by Crippen LogP contribution is 2.31. The van der Waals surface area contributed by atoms with Gasteiger partial charge in [0.25, 0.3) is 0 Å². The van der Waals surface area contributed by atoms with Gasteiger partial charge in [-0.3, -0.25) is 0 Å². The molecule has 170 valence electrons. The summed E-state index contributed by atoms with van der Waals surface area (Å²) in [5.74, 6) is -0.652. The Kier molecular flexibility index (Phi) is 6.31. The summed E-state index contributed by atoms with van der Waals surface area (Å²) in [5, 5.41) is 22.6. The Balaban J connectivity index is 1.81. The van der Waals surface area contributed by atoms with Gasteiger partial charge >= 0.3 is 5.97 Å². The summed E-state index contributed by atoms with van der Waals surface area (Å²) >= 11 is 5.88. The Labute approximate surface area is 196 Å². The fourth-order valence-electron chi connectivity index (χ4n) is 4.00. The molecule has 3 aromatic rings. The fourth-order valence-corrected chi connectivity index (χ4v) is 4.14. The van der Waals surface area contributed by atoms with Crippen LogP contribution in [0.3, 0.4) is 0 Å². The third-order valence-corrected chi connectivity index (χ3v) is 5.78. The van der Waals surface area contributed by atoms with E-state index in [1.807, 2.05) is 37.8 Å². The lowest BCUT2D eigenvalue weighted by Gasteiger charge is -2.34. The van der Waals surface area contributed by atoms with Crippen molar-refractivity contribution in [1.29, 1.82) is 5.26 Å². The number of hydrogen-bond donors (Lipinski definition) is 2. The van der Waals surface area contributed by atoms with Crippen molar-refractivity contribution in [2.75, 3.05) is 30.0 Å². The number of halogens is 1.